The minimum Gasteiger partial charge on any atom is -0.456 e. The molecule has 4 atom stereocenters. The zero-order valence-corrected chi connectivity index (χ0v) is 20.9. The number of fused-ring (bicyclic) bond motifs is 1. The molecule has 1 aliphatic rings. The number of nitrogens with one attached hydrogen (secondary N) is 1. The summed E-state index contributed by atoms with van der Waals surface area (Å²) in [5, 5.41) is 28.1. The van der Waals surface area contributed by atoms with Crippen molar-refractivity contribution >= 4 is 23.4 Å². The van der Waals surface area contributed by atoms with Gasteiger partial charge in [-0.2, -0.15) is 5.10 Å². The Morgan fingerprint density at radius 2 is 1.97 bits per heavy atom. The lowest BCUT2D eigenvalue weighted by Gasteiger charge is -2.27. The molecule has 37 heavy (non-hydrogen) atoms. The number of carbonyl (C=O) groups excluding carboxylic acids is 2. The maximum atomic E-state index is 12.6. The number of nitrogens with zero attached hydrogens (tertiary/aromatic N) is 3. The summed E-state index contributed by atoms with van der Waals surface area (Å²) in [4.78, 5) is 28.9. The van der Waals surface area contributed by atoms with Gasteiger partial charge in [0.25, 0.3) is 0 Å². The van der Waals surface area contributed by atoms with E-state index < -0.39 is 42.6 Å². The molecule has 0 aliphatic carbocycles. The minimum atomic E-state index is -1.39. The van der Waals surface area contributed by atoms with Crippen molar-refractivity contribution in [3.63, 3.8) is 0 Å². The summed E-state index contributed by atoms with van der Waals surface area (Å²) in [5.41, 5.74) is 0.258. The van der Waals surface area contributed by atoms with Gasteiger partial charge in [0.2, 0.25) is 0 Å². The molecule has 1 amide bonds. The molecule has 0 unspecified atom stereocenters. The molecule has 3 heterocycles. The van der Waals surface area contributed by atoms with Gasteiger partial charge >= 0.3 is 12.1 Å². The Morgan fingerprint density at radius 3 is 2.70 bits per heavy atom. The summed E-state index contributed by atoms with van der Waals surface area (Å²) in [7, 11) is 0. The fourth-order valence-corrected chi connectivity index (χ4v) is 4.47. The van der Waals surface area contributed by atoms with Crippen molar-refractivity contribution in [3.8, 4) is 0 Å². The number of ether oxygens (including phenoxy) is 3. The first-order chi connectivity index (χ1) is 17.9. The number of hydrogen-bond acceptors (Lipinski definition) is 9. The van der Waals surface area contributed by atoms with Crippen LogP contribution in [0.15, 0.2) is 48.8 Å². The Morgan fingerprint density at radius 1 is 1.19 bits per heavy atom. The minimum absolute atomic E-state index is 0.0176. The number of aliphatic hydroxyl groups excluding tert-OH is 2. The molecule has 0 bridgehead atoms. The van der Waals surface area contributed by atoms with Gasteiger partial charge in [-0.25, -0.2) is 14.3 Å². The Labute approximate surface area is 214 Å². The third kappa shape index (κ3) is 5.74. The van der Waals surface area contributed by atoms with Crippen LogP contribution in [0.3, 0.4) is 0 Å². The van der Waals surface area contributed by atoms with Crippen LogP contribution in [0.1, 0.15) is 44.4 Å². The fourth-order valence-electron chi connectivity index (χ4n) is 4.47. The molecule has 2 aromatic heterocycles. The third-order valence-corrected chi connectivity index (χ3v) is 6.44. The molecule has 3 aromatic rings. The van der Waals surface area contributed by atoms with E-state index >= 15 is 0 Å². The molecular weight excluding hydrogens is 480 g/mol. The number of unbranched alkanes of at least 4 members (excludes halogenated alkanes) is 2. The van der Waals surface area contributed by atoms with E-state index in [1.807, 2.05) is 18.2 Å². The van der Waals surface area contributed by atoms with Gasteiger partial charge in [0, 0.05) is 0 Å². The number of aliphatic hydroxyl groups is 2. The molecule has 1 saturated heterocycles. The van der Waals surface area contributed by atoms with Gasteiger partial charge in [-0.1, -0.05) is 50.1 Å². The van der Waals surface area contributed by atoms with Crippen LogP contribution in [0.4, 0.5) is 10.6 Å². The van der Waals surface area contributed by atoms with Crippen LogP contribution in [0, 0.1) is 0 Å². The number of benzene rings is 1. The zero-order chi connectivity index (χ0) is 26.4. The van der Waals surface area contributed by atoms with E-state index in [1.54, 1.807) is 31.2 Å². The highest BCUT2D eigenvalue weighted by molar-refractivity contribution is 5.88. The molecule has 11 heteroatoms. The summed E-state index contributed by atoms with van der Waals surface area (Å²) in [6.07, 6.45) is 0.0310. The average molecular weight is 513 g/mol. The summed E-state index contributed by atoms with van der Waals surface area (Å²) < 4.78 is 18.3. The topological polar surface area (TPSA) is 145 Å². The first-order valence-electron chi connectivity index (χ1n) is 12.3. The Kier molecular flexibility index (Phi) is 8.37. The lowest BCUT2D eigenvalue weighted by Crippen LogP contribution is -2.42. The first-order valence-corrected chi connectivity index (χ1v) is 12.3. The van der Waals surface area contributed by atoms with Gasteiger partial charge in [-0.15, -0.1) is 0 Å². The summed E-state index contributed by atoms with van der Waals surface area (Å²) >= 11 is 0. The van der Waals surface area contributed by atoms with Crippen molar-refractivity contribution in [1.82, 2.24) is 14.6 Å². The van der Waals surface area contributed by atoms with Crippen LogP contribution in [0.25, 0.3) is 5.52 Å². The van der Waals surface area contributed by atoms with Crippen molar-refractivity contribution in [2.45, 2.75) is 63.4 Å². The lowest BCUT2D eigenvalue weighted by molar-refractivity contribution is -0.155. The Hall–Kier alpha value is -3.54. The van der Waals surface area contributed by atoms with Crippen molar-refractivity contribution in [1.29, 1.82) is 0 Å². The second-order valence-corrected chi connectivity index (χ2v) is 9.10. The second kappa shape index (κ2) is 11.7. The monoisotopic (exact) mass is 512 g/mol. The fraction of sp³-hybridized carbons (Fsp3) is 0.462. The van der Waals surface area contributed by atoms with Crippen LogP contribution in [-0.2, 0) is 31.0 Å². The SMILES string of the molecule is CCCCCOC(=O)Nc1ncnn2c([C@]3(C)O[C@H](CO)[C@@H](OC(=O)Cc4ccccc4)[C@H]3O)ccc12. The molecule has 11 nitrogen and oxygen atoms in total. The average Bonchev–Trinajstić information content (AvgIpc) is 3.44. The molecular formula is C26H32N4O7. The smallest absolute Gasteiger partial charge is 0.412 e. The van der Waals surface area contributed by atoms with E-state index in [-0.39, 0.29) is 12.2 Å². The van der Waals surface area contributed by atoms with Gasteiger partial charge in [0.05, 0.1) is 25.3 Å². The number of amides is 1. The van der Waals surface area contributed by atoms with Crippen molar-refractivity contribution in [2.75, 3.05) is 18.5 Å². The Bertz CT molecular complexity index is 1220. The molecule has 0 spiro atoms. The molecule has 1 aliphatic heterocycles. The van der Waals surface area contributed by atoms with E-state index in [0.717, 1.165) is 24.8 Å². The van der Waals surface area contributed by atoms with Crippen LogP contribution < -0.4 is 5.32 Å². The number of rotatable bonds is 10. The number of carbonyl (C=O) groups is 2. The van der Waals surface area contributed by atoms with Crippen LogP contribution >= 0.6 is 0 Å². The summed E-state index contributed by atoms with van der Waals surface area (Å²) in [6, 6.07) is 12.4. The van der Waals surface area contributed by atoms with Gasteiger partial charge in [-0.05, 0) is 31.0 Å². The third-order valence-electron chi connectivity index (χ3n) is 6.44. The molecule has 198 valence electrons. The van der Waals surface area contributed by atoms with Gasteiger partial charge in [-0.3, -0.25) is 10.1 Å². The molecule has 0 saturated carbocycles. The van der Waals surface area contributed by atoms with Crippen LogP contribution in [-0.4, -0.2) is 68.4 Å². The maximum absolute atomic E-state index is 12.6. The predicted octanol–water partition coefficient (Wildman–Crippen LogP) is 2.59. The first kappa shape index (κ1) is 26.5. The zero-order valence-electron chi connectivity index (χ0n) is 20.9. The number of aromatic nitrogens is 3. The second-order valence-electron chi connectivity index (χ2n) is 9.10. The van der Waals surface area contributed by atoms with Crippen molar-refractivity contribution in [3.05, 3.63) is 60.0 Å². The van der Waals surface area contributed by atoms with Crippen LogP contribution in [0.5, 0.6) is 0 Å². The number of anilines is 1. The summed E-state index contributed by atoms with van der Waals surface area (Å²) in [6.45, 7) is 3.53. The van der Waals surface area contributed by atoms with E-state index in [9.17, 15) is 19.8 Å². The van der Waals surface area contributed by atoms with E-state index in [0.29, 0.717) is 17.8 Å². The van der Waals surface area contributed by atoms with E-state index in [4.69, 9.17) is 14.2 Å². The quantitative estimate of drug-likeness (QED) is 0.276. The van der Waals surface area contributed by atoms with Crippen molar-refractivity contribution < 1.29 is 34.0 Å². The van der Waals surface area contributed by atoms with Gasteiger partial charge in [0.15, 0.2) is 11.9 Å². The number of hydrogen-bond donors (Lipinski definition) is 3. The molecule has 0 radical (unpaired) electrons. The van der Waals surface area contributed by atoms with Gasteiger partial charge in [0.1, 0.15) is 29.7 Å². The van der Waals surface area contributed by atoms with E-state index in [1.165, 1.54) is 10.8 Å². The molecule has 1 fully saturated rings. The van der Waals surface area contributed by atoms with E-state index in [2.05, 4.69) is 22.3 Å². The van der Waals surface area contributed by atoms with Crippen molar-refractivity contribution in [2.24, 2.45) is 0 Å². The highest BCUT2D eigenvalue weighted by atomic mass is 16.6. The van der Waals surface area contributed by atoms with Gasteiger partial charge < -0.3 is 24.4 Å². The summed E-state index contributed by atoms with van der Waals surface area (Å²) in [5.74, 6) is -0.324. The normalized spacial score (nSPS) is 23.2. The molecule has 4 rings (SSSR count). The largest absolute Gasteiger partial charge is 0.456 e. The standard InChI is InChI=1S/C26H32N4O7/c1-3-4-8-13-35-25(34)29-24-18-11-12-20(30(18)28-16-27-24)26(2)23(33)22(19(15-31)37-26)36-21(32)14-17-9-6-5-7-10-17/h5-7,9-12,16,19,22-23,31,33H,3-4,8,13-15H2,1-2H3,(H,27,28,29,34)/t19-,22-,23-,26+/m1/s1. The molecule has 3 N–H and O–H groups in total. The molecule has 1 aromatic carbocycles. The highest BCUT2D eigenvalue weighted by Crippen LogP contribution is 2.41. The lowest BCUT2D eigenvalue weighted by atomic mass is 9.93. The predicted molar refractivity (Wildman–Crippen MR) is 133 cm³/mol. The highest BCUT2D eigenvalue weighted by Gasteiger charge is 2.55. The Balaban J connectivity index is 1.52. The maximum Gasteiger partial charge on any atom is 0.412 e. The van der Waals surface area contributed by atoms with Crippen LogP contribution in [0.2, 0.25) is 0 Å². The number of esters is 1.